The molecule has 0 saturated carbocycles. The molecule has 20 heavy (non-hydrogen) atoms. The van der Waals surface area contributed by atoms with Gasteiger partial charge in [0.2, 0.25) is 5.95 Å². The van der Waals surface area contributed by atoms with E-state index in [9.17, 15) is 4.39 Å². The third-order valence-electron chi connectivity index (χ3n) is 4.83. The van der Waals surface area contributed by atoms with Crippen molar-refractivity contribution in [2.75, 3.05) is 18.8 Å². The summed E-state index contributed by atoms with van der Waals surface area (Å²) in [5, 5.41) is 0. The first-order valence-corrected chi connectivity index (χ1v) is 7.41. The Kier molecular flexibility index (Phi) is 2.70. The van der Waals surface area contributed by atoms with Crippen LogP contribution in [0.1, 0.15) is 31.7 Å². The number of nitrogens with zero attached hydrogens (tertiary/aromatic N) is 3. The van der Waals surface area contributed by atoms with Crippen molar-refractivity contribution in [1.29, 1.82) is 0 Å². The van der Waals surface area contributed by atoms with Crippen LogP contribution in [0.25, 0.3) is 11.0 Å². The molecule has 4 nitrogen and oxygen atoms in total. The number of benzene rings is 1. The number of hydrogen-bond donors (Lipinski definition) is 1. The molecule has 2 atom stereocenters. The van der Waals surface area contributed by atoms with E-state index in [0.29, 0.717) is 23.5 Å². The Balaban J connectivity index is 1.80. The molecule has 1 aromatic carbocycles. The molecule has 0 radical (unpaired) electrons. The van der Waals surface area contributed by atoms with Crippen LogP contribution in [-0.4, -0.2) is 33.6 Å². The van der Waals surface area contributed by atoms with Gasteiger partial charge >= 0.3 is 0 Å². The van der Waals surface area contributed by atoms with Gasteiger partial charge < -0.3 is 10.3 Å². The highest BCUT2D eigenvalue weighted by Gasteiger charge is 2.37. The predicted molar refractivity (Wildman–Crippen MR) is 77.0 cm³/mol. The van der Waals surface area contributed by atoms with E-state index in [0.717, 1.165) is 18.5 Å². The molecule has 3 heterocycles. The number of nitrogen functional groups attached to an aromatic ring is 1. The first-order chi connectivity index (χ1) is 9.74. The topological polar surface area (TPSA) is 47.1 Å². The molecule has 0 spiro atoms. The molecular formula is C15H19FN4. The molecule has 2 aromatic rings. The summed E-state index contributed by atoms with van der Waals surface area (Å²) in [5.74, 6) is 0.260. The number of hydrogen-bond acceptors (Lipinski definition) is 3. The molecule has 2 saturated heterocycles. The van der Waals surface area contributed by atoms with Gasteiger partial charge in [-0.2, -0.15) is 0 Å². The number of aromatic nitrogens is 2. The normalized spacial score (nSPS) is 27.1. The van der Waals surface area contributed by atoms with E-state index >= 15 is 0 Å². The fourth-order valence-corrected chi connectivity index (χ4v) is 3.96. The Morgan fingerprint density at radius 1 is 1.15 bits per heavy atom. The number of halogens is 1. The molecule has 1 aromatic heterocycles. The van der Waals surface area contributed by atoms with Crippen LogP contribution in [0.3, 0.4) is 0 Å². The second-order valence-corrected chi connectivity index (χ2v) is 5.93. The summed E-state index contributed by atoms with van der Waals surface area (Å²) >= 11 is 0. The smallest absolute Gasteiger partial charge is 0.201 e. The molecular weight excluding hydrogens is 255 g/mol. The lowest BCUT2D eigenvalue weighted by molar-refractivity contribution is 0.175. The van der Waals surface area contributed by atoms with E-state index in [1.165, 1.54) is 37.9 Å². The molecule has 0 amide bonds. The second-order valence-electron chi connectivity index (χ2n) is 5.93. The zero-order valence-corrected chi connectivity index (χ0v) is 11.4. The molecule has 2 N–H and O–H groups in total. The maximum atomic E-state index is 13.3. The molecule has 2 aliphatic heterocycles. The average molecular weight is 274 g/mol. The Labute approximate surface area is 117 Å². The number of imidazole rings is 1. The molecule has 5 heteroatoms. The van der Waals surface area contributed by atoms with Crippen LogP contribution in [-0.2, 0) is 0 Å². The summed E-state index contributed by atoms with van der Waals surface area (Å²) in [6.45, 7) is 2.33. The quantitative estimate of drug-likeness (QED) is 0.869. The van der Waals surface area contributed by atoms with Crippen molar-refractivity contribution >= 4 is 17.0 Å². The second kappa shape index (κ2) is 4.45. The van der Waals surface area contributed by atoms with Gasteiger partial charge in [-0.25, -0.2) is 9.37 Å². The van der Waals surface area contributed by atoms with Gasteiger partial charge in [0.25, 0.3) is 0 Å². The summed E-state index contributed by atoms with van der Waals surface area (Å²) < 4.78 is 15.5. The first-order valence-electron chi connectivity index (χ1n) is 7.41. The van der Waals surface area contributed by atoms with Crippen LogP contribution in [0.2, 0.25) is 0 Å². The van der Waals surface area contributed by atoms with Crippen molar-refractivity contribution in [1.82, 2.24) is 14.5 Å². The molecule has 2 aliphatic rings. The van der Waals surface area contributed by atoms with Crippen molar-refractivity contribution in [3.63, 3.8) is 0 Å². The molecule has 2 fully saturated rings. The van der Waals surface area contributed by atoms with Gasteiger partial charge in [0.15, 0.2) is 0 Å². The highest BCUT2D eigenvalue weighted by molar-refractivity contribution is 5.78. The monoisotopic (exact) mass is 274 g/mol. The van der Waals surface area contributed by atoms with Crippen molar-refractivity contribution in [2.45, 2.75) is 37.8 Å². The Morgan fingerprint density at radius 3 is 2.95 bits per heavy atom. The predicted octanol–water partition coefficient (Wildman–Crippen LogP) is 2.56. The Morgan fingerprint density at radius 2 is 2.05 bits per heavy atom. The SMILES string of the molecule is Nc1nc2cc(F)ccc2n1C1CCN2CCCCC12. The lowest BCUT2D eigenvalue weighted by Crippen LogP contribution is -2.37. The van der Waals surface area contributed by atoms with E-state index in [4.69, 9.17) is 5.73 Å². The molecule has 106 valence electrons. The van der Waals surface area contributed by atoms with E-state index in [2.05, 4.69) is 14.5 Å². The number of piperidine rings is 1. The Bertz CT molecular complexity index is 651. The fraction of sp³-hybridized carbons (Fsp3) is 0.533. The summed E-state index contributed by atoms with van der Waals surface area (Å²) in [5.41, 5.74) is 7.74. The molecule has 2 unspecified atom stereocenters. The zero-order valence-electron chi connectivity index (χ0n) is 11.4. The molecule has 4 rings (SSSR count). The van der Waals surface area contributed by atoms with Crippen LogP contribution in [0, 0.1) is 5.82 Å². The number of nitrogens with two attached hydrogens (primary N) is 1. The van der Waals surface area contributed by atoms with E-state index in [1.807, 2.05) is 0 Å². The van der Waals surface area contributed by atoms with E-state index in [-0.39, 0.29) is 5.82 Å². The van der Waals surface area contributed by atoms with Crippen LogP contribution < -0.4 is 5.73 Å². The minimum Gasteiger partial charge on any atom is -0.369 e. The van der Waals surface area contributed by atoms with Gasteiger partial charge in [-0.3, -0.25) is 4.90 Å². The highest BCUT2D eigenvalue weighted by Crippen LogP contribution is 2.38. The maximum Gasteiger partial charge on any atom is 0.201 e. The maximum absolute atomic E-state index is 13.3. The summed E-state index contributed by atoms with van der Waals surface area (Å²) in [4.78, 5) is 6.91. The lowest BCUT2D eigenvalue weighted by atomic mass is 9.99. The minimum absolute atomic E-state index is 0.257. The number of fused-ring (bicyclic) bond motifs is 2. The van der Waals surface area contributed by atoms with Crippen LogP contribution in [0.15, 0.2) is 18.2 Å². The first kappa shape index (κ1) is 12.1. The van der Waals surface area contributed by atoms with Crippen LogP contribution in [0.5, 0.6) is 0 Å². The van der Waals surface area contributed by atoms with E-state index < -0.39 is 0 Å². The highest BCUT2D eigenvalue weighted by atomic mass is 19.1. The Hall–Kier alpha value is -1.62. The summed E-state index contributed by atoms with van der Waals surface area (Å²) in [7, 11) is 0. The van der Waals surface area contributed by atoms with Gasteiger partial charge in [0.05, 0.1) is 17.1 Å². The van der Waals surface area contributed by atoms with Crippen molar-refractivity contribution in [3.8, 4) is 0 Å². The van der Waals surface area contributed by atoms with Crippen molar-refractivity contribution < 1.29 is 4.39 Å². The molecule has 0 bridgehead atoms. The van der Waals surface area contributed by atoms with E-state index in [1.54, 1.807) is 6.07 Å². The standard InChI is InChI=1S/C15H19FN4/c16-10-4-5-12-11(9-10)18-15(17)20(12)14-6-8-19-7-2-1-3-13(14)19/h4-5,9,13-14H,1-3,6-8H2,(H2,17,18). The number of rotatable bonds is 1. The summed E-state index contributed by atoms with van der Waals surface area (Å²) in [6.07, 6.45) is 4.93. The fourth-order valence-electron chi connectivity index (χ4n) is 3.96. The van der Waals surface area contributed by atoms with Gasteiger partial charge in [0.1, 0.15) is 5.82 Å². The third-order valence-corrected chi connectivity index (χ3v) is 4.83. The lowest BCUT2D eigenvalue weighted by Gasteiger charge is -2.33. The van der Waals surface area contributed by atoms with Gasteiger partial charge in [-0.1, -0.05) is 6.42 Å². The van der Waals surface area contributed by atoms with Gasteiger partial charge in [-0.05, 0) is 37.9 Å². The van der Waals surface area contributed by atoms with Crippen LogP contribution >= 0.6 is 0 Å². The van der Waals surface area contributed by atoms with Crippen molar-refractivity contribution in [3.05, 3.63) is 24.0 Å². The molecule has 0 aliphatic carbocycles. The summed E-state index contributed by atoms with van der Waals surface area (Å²) in [6, 6.07) is 5.71. The van der Waals surface area contributed by atoms with Gasteiger partial charge in [-0.15, -0.1) is 0 Å². The minimum atomic E-state index is -0.257. The van der Waals surface area contributed by atoms with Crippen LogP contribution in [0.4, 0.5) is 10.3 Å². The largest absolute Gasteiger partial charge is 0.369 e. The van der Waals surface area contributed by atoms with Gasteiger partial charge in [0, 0.05) is 18.7 Å². The third kappa shape index (κ3) is 1.73. The van der Waals surface area contributed by atoms with Crippen molar-refractivity contribution in [2.24, 2.45) is 0 Å². The average Bonchev–Trinajstić information content (AvgIpc) is 2.98. The zero-order chi connectivity index (χ0) is 13.7. The number of anilines is 1.